The van der Waals surface area contributed by atoms with E-state index in [1.165, 1.54) is 50.5 Å². The SMILES string of the molecule is CC[C@@]1(O)C(=O)OCc2c1cc1n(c2=O)Cc2cc3c(CN(C)C)c(OC(=O)N4CCN(CCCCCCO[C@H]5CC[C@H]6[C@@H]7CCC8=CC(=O)CCC8=C7CC[C@]56C)CC4)ccc3nc2-1. The van der Waals surface area contributed by atoms with E-state index in [0.717, 1.165) is 68.4 Å². The summed E-state index contributed by atoms with van der Waals surface area (Å²) < 4.78 is 19.7. The molecule has 2 saturated carbocycles. The number of rotatable bonds is 12. The number of carbonyl (C=O) groups excluding carboxylic acids is 3. The molecule has 0 radical (unpaired) electrons. The Morgan fingerprint density at radius 3 is 2.60 bits per heavy atom. The number of hydrogen-bond donors (Lipinski definition) is 1. The molecule has 3 aliphatic heterocycles. The number of aromatic nitrogens is 2. The summed E-state index contributed by atoms with van der Waals surface area (Å²) in [6.45, 7) is 9.52. The first-order valence-electron chi connectivity index (χ1n) is 24.4. The van der Waals surface area contributed by atoms with Crippen LogP contribution < -0.4 is 10.3 Å². The van der Waals surface area contributed by atoms with Gasteiger partial charge in [0.15, 0.2) is 11.4 Å². The van der Waals surface area contributed by atoms with E-state index in [1.54, 1.807) is 39.7 Å². The second-order valence-corrected chi connectivity index (χ2v) is 20.4. The molecule has 1 N–H and O–H groups in total. The first-order valence-corrected chi connectivity index (χ1v) is 24.4. The van der Waals surface area contributed by atoms with Crippen molar-refractivity contribution in [1.29, 1.82) is 0 Å². The first-order chi connectivity index (χ1) is 31.4. The molecule has 5 atom stereocenters. The summed E-state index contributed by atoms with van der Waals surface area (Å²) in [7, 11) is 3.94. The molecular weight excluding hydrogens is 823 g/mol. The van der Waals surface area contributed by atoms with Crippen molar-refractivity contribution < 1.29 is 33.7 Å². The number of allylic oxidation sites excluding steroid dienone is 4. The number of aliphatic hydroxyl groups is 1. The summed E-state index contributed by atoms with van der Waals surface area (Å²) in [5.41, 5.74) is 6.78. The third-order valence-corrected chi connectivity index (χ3v) is 16.4. The van der Waals surface area contributed by atoms with Crippen molar-refractivity contribution in [1.82, 2.24) is 24.3 Å². The van der Waals surface area contributed by atoms with Crippen LogP contribution in [0.2, 0.25) is 0 Å². The predicted molar refractivity (Wildman–Crippen MR) is 246 cm³/mol. The number of ketones is 1. The Morgan fingerprint density at radius 1 is 0.985 bits per heavy atom. The number of pyridine rings is 2. The molecule has 5 heterocycles. The standard InChI is InChI=1S/C52H65N5O8/c1-5-52(62)42-28-44-47-33(29-57(44)48(59)40(42)31-64-49(52)60)27-38-39(30-54(3)4)45(16-15-43(38)53-47)65-50(61)56-23-21-55(22-24-56)20-8-6-7-9-25-63-46-17-14-41-37-12-10-32-26-34(58)11-13-35(32)36(37)18-19-51(41,46)2/h15-16,26-28,37,41,46,62H,5-14,17-25,29-31H2,1-4H3/t37-,41+,46+,51+,52+/m1/s1. The van der Waals surface area contributed by atoms with Crippen LogP contribution in [0, 0.1) is 17.3 Å². The van der Waals surface area contributed by atoms with Gasteiger partial charge in [0.2, 0.25) is 0 Å². The van der Waals surface area contributed by atoms with E-state index in [0.29, 0.717) is 72.4 Å². The second kappa shape index (κ2) is 17.5. The molecule has 1 aromatic carbocycles. The molecule has 346 valence electrons. The lowest BCUT2D eigenvalue weighted by Crippen LogP contribution is -2.49. The van der Waals surface area contributed by atoms with E-state index in [1.807, 2.05) is 37.2 Å². The maximum absolute atomic E-state index is 13.7. The van der Waals surface area contributed by atoms with Crippen LogP contribution in [0.3, 0.4) is 0 Å². The number of ether oxygens (including phenoxy) is 3. The maximum atomic E-state index is 13.7. The number of piperazine rings is 1. The molecule has 7 aliphatic rings. The van der Waals surface area contributed by atoms with Crippen molar-refractivity contribution in [2.75, 3.05) is 53.4 Å². The summed E-state index contributed by atoms with van der Waals surface area (Å²) in [5, 5.41) is 12.1. The van der Waals surface area contributed by atoms with Crippen LogP contribution in [-0.2, 0) is 44.4 Å². The van der Waals surface area contributed by atoms with Crippen LogP contribution in [0.15, 0.2) is 51.9 Å². The Hall–Kier alpha value is -4.69. The van der Waals surface area contributed by atoms with Crippen molar-refractivity contribution in [3.8, 4) is 17.1 Å². The number of cyclic esters (lactones) is 1. The topological polar surface area (TPSA) is 144 Å². The van der Waals surface area contributed by atoms with Crippen molar-refractivity contribution in [3.63, 3.8) is 0 Å². The minimum absolute atomic E-state index is 0.0791. The number of esters is 1. The fourth-order valence-corrected chi connectivity index (χ4v) is 12.8. The highest BCUT2D eigenvalue weighted by Crippen LogP contribution is 2.60. The molecule has 0 spiro atoms. The van der Waals surface area contributed by atoms with Crippen molar-refractivity contribution >= 4 is 28.7 Å². The lowest BCUT2D eigenvalue weighted by molar-refractivity contribution is -0.172. The van der Waals surface area contributed by atoms with Gasteiger partial charge in [0.25, 0.3) is 5.56 Å². The monoisotopic (exact) mass is 887 g/mol. The Kier molecular flexibility index (Phi) is 11.9. The normalized spacial score (nSPS) is 27.2. The number of benzene rings is 1. The molecule has 0 bridgehead atoms. The van der Waals surface area contributed by atoms with Gasteiger partial charge in [0.1, 0.15) is 12.4 Å². The van der Waals surface area contributed by atoms with Gasteiger partial charge in [-0.25, -0.2) is 14.6 Å². The van der Waals surface area contributed by atoms with E-state index in [-0.39, 0.29) is 47.8 Å². The molecular formula is C52H65N5O8. The smallest absolute Gasteiger partial charge is 0.415 e. The molecule has 65 heavy (non-hydrogen) atoms. The molecule has 2 aromatic heterocycles. The lowest BCUT2D eigenvalue weighted by atomic mass is 9.57. The Balaban J connectivity index is 0.699. The summed E-state index contributed by atoms with van der Waals surface area (Å²) in [6.07, 6.45) is 15.4. The van der Waals surface area contributed by atoms with Gasteiger partial charge in [-0.15, -0.1) is 0 Å². The van der Waals surface area contributed by atoms with Crippen LogP contribution in [0.5, 0.6) is 5.75 Å². The summed E-state index contributed by atoms with van der Waals surface area (Å²) in [6, 6.07) is 7.40. The van der Waals surface area contributed by atoms with Crippen molar-refractivity contribution in [2.24, 2.45) is 17.3 Å². The summed E-state index contributed by atoms with van der Waals surface area (Å²) in [4.78, 5) is 63.4. The maximum Gasteiger partial charge on any atom is 0.415 e. The zero-order chi connectivity index (χ0) is 45.2. The second-order valence-electron chi connectivity index (χ2n) is 20.4. The van der Waals surface area contributed by atoms with E-state index < -0.39 is 11.6 Å². The van der Waals surface area contributed by atoms with Gasteiger partial charge in [-0.3, -0.25) is 14.5 Å². The molecule has 0 unspecified atom stereocenters. The third kappa shape index (κ3) is 7.87. The number of carbonyl (C=O) groups is 3. The third-order valence-electron chi connectivity index (χ3n) is 16.4. The van der Waals surface area contributed by atoms with Crippen LogP contribution in [0.4, 0.5) is 4.79 Å². The number of fused-ring (bicyclic) bond motifs is 9. The summed E-state index contributed by atoms with van der Waals surface area (Å²) in [5.74, 6) is 1.45. The Labute approximate surface area is 381 Å². The number of hydrogen-bond acceptors (Lipinski definition) is 11. The fourth-order valence-electron chi connectivity index (χ4n) is 12.8. The molecule has 3 fully saturated rings. The molecule has 1 amide bonds. The number of nitrogens with zero attached hydrogens (tertiary/aromatic N) is 5. The van der Waals surface area contributed by atoms with Gasteiger partial charge in [-0.1, -0.05) is 32.3 Å². The average molecular weight is 888 g/mol. The molecule has 3 aromatic rings. The van der Waals surface area contributed by atoms with E-state index >= 15 is 0 Å². The molecule has 13 nitrogen and oxygen atoms in total. The van der Waals surface area contributed by atoms with Crippen LogP contribution in [0.1, 0.15) is 120 Å². The highest BCUT2D eigenvalue weighted by atomic mass is 16.6. The molecule has 4 aliphatic carbocycles. The number of unbranched alkanes of at least 4 members (excludes halogenated alkanes) is 3. The van der Waals surface area contributed by atoms with Gasteiger partial charge >= 0.3 is 12.1 Å². The van der Waals surface area contributed by atoms with Gasteiger partial charge < -0.3 is 33.7 Å². The van der Waals surface area contributed by atoms with Crippen LogP contribution in [0.25, 0.3) is 22.3 Å². The van der Waals surface area contributed by atoms with Crippen molar-refractivity contribution in [3.05, 3.63) is 79.7 Å². The fraction of sp³-hybridized carbons (Fsp3) is 0.596. The van der Waals surface area contributed by atoms with Gasteiger partial charge in [-0.2, -0.15) is 0 Å². The Morgan fingerprint density at radius 2 is 1.80 bits per heavy atom. The largest absolute Gasteiger partial charge is 0.458 e. The zero-order valence-corrected chi connectivity index (χ0v) is 38.7. The minimum atomic E-state index is -1.89. The van der Waals surface area contributed by atoms with Crippen molar-refractivity contribution in [2.45, 2.75) is 129 Å². The average Bonchev–Trinajstić information content (AvgIpc) is 3.84. The molecule has 13 heteroatoms. The minimum Gasteiger partial charge on any atom is -0.458 e. The van der Waals surface area contributed by atoms with Gasteiger partial charge in [-0.05, 0) is 144 Å². The molecule has 1 saturated heterocycles. The lowest BCUT2D eigenvalue weighted by Gasteiger charge is -2.49. The van der Waals surface area contributed by atoms with Gasteiger partial charge in [0, 0.05) is 67.8 Å². The zero-order valence-electron chi connectivity index (χ0n) is 38.7. The molecule has 10 rings (SSSR count). The van der Waals surface area contributed by atoms with Crippen LogP contribution >= 0.6 is 0 Å². The predicted octanol–water partition coefficient (Wildman–Crippen LogP) is 7.41. The van der Waals surface area contributed by atoms with E-state index in [4.69, 9.17) is 19.2 Å². The highest BCUT2D eigenvalue weighted by molar-refractivity contribution is 5.93. The van der Waals surface area contributed by atoms with E-state index in [9.17, 15) is 24.3 Å². The van der Waals surface area contributed by atoms with Gasteiger partial charge in [0.05, 0.1) is 35.1 Å². The first kappa shape index (κ1) is 44.2. The summed E-state index contributed by atoms with van der Waals surface area (Å²) >= 11 is 0. The number of amides is 1. The highest BCUT2D eigenvalue weighted by Gasteiger charge is 2.54. The Bertz CT molecular complexity index is 2550. The quantitative estimate of drug-likeness (QED) is 0.112. The van der Waals surface area contributed by atoms with E-state index in [2.05, 4.69) is 11.8 Å². The van der Waals surface area contributed by atoms with Crippen LogP contribution in [-0.4, -0.2) is 107 Å².